The van der Waals surface area contributed by atoms with Crippen molar-refractivity contribution in [2.75, 3.05) is 6.54 Å². The molecule has 0 spiro atoms. The van der Waals surface area contributed by atoms with E-state index in [2.05, 4.69) is 22.0 Å². The summed E-state index contributed by atoms with van der Waals surface area (Å²) in [5.74, 6) is -0.789. The number of rotatable bonds is 5. The number of piperidine rings is 1. The number of fused-ring (bicyclic) bond motifs is 5. The van der Waals surface area contributed by atoms with E-state index in [0.29, 0.717) is 39.1 Å². The smallest absolute Gasteiger partial charge is 0.261 e. The summed E-state index contributed by atoms with van der Waals surface area (Å²) in [6.07, 6.45) is 3.36. The number of alkyl halides is 1. The number of aromatic nitrogens is 2. The van der Waals surface area contributed by atoms with Gasteiger partial charge in [0, 0.05) is 51.9 Å². The zero-order chi connectivity index (χ0) is 31.1. The Kier molecular flexibility index (Phi) is 5.85. The van der Waals surface area contributed by atoms with Crippen LogP contribution in [0, 0.1) is 35.9 Å². The van der Waals surface area contributed by atoms with Gasteiger partial charge in [-0.2, -0.15) is 5.26 Å². The second-order valence-corrected chi connectivity index (χ2v) is 14.7. The van der Waals surface area contributed by atoms with E-state index in [-0.39, 0.29) is 59.0 Å². The summed E-state index contributed by atoms with van der Waals surface area (Å²) in [6.45, 7) is 4.53. The van der Waals surface area contributed by atoms with Crippen molar-refractivity contribution < 1.29 is 13.6 Å². The fourth-order valence-corrected chi connectivity index (χ4v) is 9.03. The quantitative estimate of drug-likeness (QED) is 0.239. The van der Waals surface area contributed by atoms with Gasteiger partial charge in [-0.3, -0.25) is 4.79 Å². The summed E-state index contributed by atoms with van der Waals surface area (Å²) in [5.41, 5.74) is 2.12. The first-order valence-electron chi connectivity index (χ1n) is 15.9. The number of hydrogen-bond donors (Lipinski definition) is 1. The highest BCUT2D eigenvalue weighted by atomic mass is 35.5. The van der Waals surface area contributed by atoms with Crippen molar-refractivity contribution in [3.8, 4) is 17.2 Å². The molecule has 6 aliphatic rings. The van der Waals surface area contributed by atoms with Crippen LogP contribution in [-0.4, -0.2) is 44.7 Å². The maximum Gasteiger partial charge on any atom is 0.261 e. The van der Waals surface area contributed by atoms with Gasteiger partial charge in [0.25, 0.3) is 5.91 Å². The number of benzene rings is 2. The molecule has 1 unspecified atom stereocenters. The van der Waals surface area contributed by atoms with E-state index in [0.717, 1.165) is 42.4 Å². The minimum Gasteiger partial charge on any atom is -0.337 e. The number of aryl methyl sites for hydroxylation is 1. The van der Waals surface area contributed by atoms with E-state index in [9.17, 15) is 10.1 Å². The van der Waals surface area contributed by atoms with Gasteiger partial charge < -0.3 is 14.8 Å². The monoisotopic (exact) mass is 645 g/mol. The molecule has 3 aliphatic heterocycles. The molecule has 7 atom stereocenters. The molecule has 6 nitrogen and oxygen atoms in total. The fourth-order valence-electron chi connectivity index (χ4n) is 8.64. The molecule has 5 heterocycles. The number of carbonyl (C=O) groups excluding carboxylic acids is 1. The lowest BCUT2D eigenvalue weighted by molar-refractivity contribution is -0.140. The van der Waals surface area contributed by atoms with Crippen LogP contribution in [0.4, 0.5) is 8.78 Å². The maximum atomic E-state index is 17.0. The summed E-state index contributed by atoms with van der Waals surface area (Å²) in [7, 11) is 0. The van der Waals surface area contributed by atoms with Crippen molar-refractivity contribution in [1.82, 2.24) is 19.8 Å². The third kappa shape index (κ3) is 3.81. The molecule has 2 aromatic heterocycles. The highest BCUT2D eigenvalue weighted by molar-refractivity contribution is 6.43. The Morgan fingerprint density at radius 1 is 1.18 bits per heavy atom. The van der Waals surface area contributed by atoms with Gasteiger partial charge in [0.15, 0.2) is 11.5 Å². The van der Waals surface area contributed by atoms with Crippen molar-refractivity contribution in [2.24, 2.45) is 11.8 Å². The first-order valence-corrected chi connectivity index (χ1v) is 16.6. The minimum atomic E-state index is -1.74. The molecular weight excluding hydrogens is 615 g/mol. The molecule has 3 saturated carbocycles. The van der Waals surface area contributed by atoms with Gasteiger partial charge in [0.2, 0.25) is 0 Å². The van der Waals surface area contributed by atoms with Crippen LogP contribution in [-0.2, 0) is 4.79 Å². The molecule has 230 valence electrons. The second-order valence-electron chi connectivity index (χ2n) is 13.9. The summed E-state index contributed by atoms with van der Waals surface area (Å²) < 4.78 is 34.6. The van der Waals surface area contributed by atoms with E-state index in [1.807, 2.05) is 17.9 Å². The number of hydrogen-bond acceptors (Lipinski definition) is 4. The molecule has 3 saturated heterocycles. The van der Waals surface area contributed by atoms with Crippen LogP contribution < -0.4 is 5.32 Å². The molecule has 6 fully saturated rings. The number of amides is 1. The Morgan fingerprint density at radius 2 is 1.98 bits per heavy atom. The molecule has 2 bridgehead atoms. The van der Waals surface area contributed by atoms with Gasteiger partial charge in [-0.1, -0.05) is 35.3 Å². The Morgan fingerprint density at radius 3 is 2.67 bits per heavy atom. The van der Waals surface area contributed by atoms with E-state index < -0.39 is 17.4 Å². The van der Waals surface area contributed by atoms with Crippen LogP contribution >= 0.6 is 23.2 Å². The number of likely N-dealkylation sites (tertiary alicyclic amines) is 1. The third-order valence-corrected chi connectivity index (χ3v) is 12.1. The lowest BCUT2D eigenvalue weighted by atomic mass is 9.79. The Bertz CT molecular complexity index is 2020. The standard InChI is InChI=1S/C35H31Cl2F2N5O/c1-15(13-40)20-11-22-31(30(38)28(20)19-4-3-5-23(36)29(19)37)42-16(2)21-12-27(44(33(21)22)32-18-8-24(32)41-14-18)26-10-17-9-25(17)43(26)34(45)35(39)6-7-35/h3-5,11-12,15,17-18,24-26,32,41H,6-10,14H2,1-2H3/t15?,17-,18-,24-,25-,26-,32+/m1/s1. The molecular formula is C35H31Cl2F2N5O. The van der Waals surface area contributed by atoms with Gasteiger partial charge in [0.1, 0.15) is 5.52 Å². The lowest BCUT2D eigenvalue weighted by Crippen LogP contribution is -2.43. The van der Waals surface area contributed by atoms with Crippen LogP contribution in [0.5, 0.6) is 0 Å². The van der Waals surface area contributed by atoms with Crippen LogP contribution in [0.25, 0.3) is 32.9 Å². The van der Waals surface area contributed by atoms with Gasteiger partial charge in [-0.25, -0.2) is 13.8 Å². The average molecular weight is 647 g/mol. The van der Waals surface area contributed by atoms with E-state index in [1.54, 1.807) is 25.1 Å². The van der Waals surface area contributed by atoms with Crippen LogP contribution in [0.3, 0.4) is 0 Å². The summed E-state index contributed by atoms with van der Waals surface area (Å²) in [4.78, 5) is 20.3. The molecule has 4 aromatic rings. The van der Waals surface area contributed by atoms with E-state index in [1.165, 1.54) is 0 Å². The third-order valence-electron chi connectivity index (χ3n) is 11.3. The molecule has 1 amide bonds. The largest absolute Gasteiger partial charge is 0.337 e. The molecule has 10 heteroatoms. The van der Waals surface area contributed by atoms with Gasteiger partial charge >= 0.3 is 0 Å². The first-order chi connectivity index (χ1) is 21.6. The normalized spacial score (nSPS) is 29.5. The predicted molar refractivity (Wildman–Crippen MR) is 170 cm³/mol. The molecule has 0 radical (unpaired) electrons. The molecule has 10 rings (SSSR count). The number of nitrogens with one attached hydrogen (secondary N) is 1. The molecule has 45 heavy (non-hydrogen) atoms. The minimum absolute atomic E-state index is 0.0833. The summed E-state index contributed by atoms with van der Waals surface area (Å²) in [6, 6.07) is 11.6. The van der Waals surface area contributed by atoms with Crippen LogP contribution in [0.15, 0.2) is 30.3 Å². The predicted octanol–water partition coefficient (Wildman–Crippen LogP) is 7.93. The average Bonchev–Trinajstić information content (AvgIpc) is 3.65. The van der Waals surface area contributed by atoms with Gasteiger partial charge in [-0.15, -0.1) is 0 Å². The molecule has 1 N–H and O–H groups in total. The Balaban J connectivity index is 1.33. The number of pyridine rings is 1. The molecule has 3 aliphatic carbocycles. The highest BCUT2D eigenvalue weighted by Gasteiger charge is 2.62. The Labute approximate surface area is 269 Å². The second kappa shape index (κ2) is 9.40. The van der Waals surface area contributed by atoms with Gasteiger partial charge in [0.05, 0.1) is 39.6 Å². The highest BCUT2D eigenvalue weighted by Crippen LogP contribution is 2.58. The van der Waals surface area contributed by atoms with Crippen LogP contribution in [0.2, 0.25) is 10.0 Å². The number of nitriles is 1. The first kappa shape index (κ1) is 28.0. The Hall–Kier alpha value is -3.25. The zero-order valence-electron chi connectivity index (χ0n) is 24.9. The van der Waals surface area contributed by atoms with Crippen molar-refractivity contribution in [3.05, 3.63) is 63.1 Å². The van der Waals surface area contributed by atoms with Crippen molar-refractivity contribution in [2.45, 2.75) is 81.7 Å². The topological polar surface area (TPSA) is 74.0 Å². The molecule has 2 aromatic carbocycles. The van der Waals surface area contributed by atoms with E-state index in [4.69, 9.17) is 28.2 Å². The maximum absolute atomic E-state index is 17.0. The SMILES string of the molecule is Cc1nc2c(F)c(-c3cccc(Cl)c3Cl)c(C(C)C#N)cc2c2c1cc([C@H]1C[C@H]3C[C@H]3N1C(=O)C1(F)CC1)n2[C@H]1[C@H]2CN[C@@H]1C2. The van der Waals surface area contributed by atoms with Crippen molar-refractivity contribution >= 4 is 50.9 Å². The number of nitrogens with zero attached hydrogens (tertiary/aromatic N) is 4. The van der Waals surface area contributed by atoms with Crippen molar-refractivity contribution in [1.29, 1.82) is 5.26 Å². The van der Waals surface area contributed by atoms with Crippen molar-refractivity contribution in [3.63, 3.8) is 0 Å². The number of halogens is 4. The fraction of sp³-hybridized carbons (Fsp3) is 0.457. The van der Waals surface area contributed by atoms with E-state index >= 15 is 8.78 Å². The zero-order valence-corrected chi connectivity index (χ0v) is 26.4. The van der Waals surface area contributed by atoms with Crippen LogP contribution in [0.1, 0.15) is 74.0 Å². The van der Waals surface area contributed by atoms with Gasteiger partial charge in [-0.05, 0) is 81.5 Å². The summed E-state index contributed by atoms with van der Waals surface area (Å²) in [5, 5.41) is 15.7. The summed E-state index contributed by atoms with van der Waals surface area (Å²) >= 11 is 13.0. The number of carbonyl (C=O) groups is 1. The lowest BCUT2D eigenvalue weighted by Gasteiger charge is -2.40.